The SMILES string of the molecule is CSCCN1CCC(NC(=O)Nc2ccc3cccnc3c2)CC1. The average molecular weight is 344 g/mol. The average Bonchev–Trinajstić information content (AvgIpc) is 2.61. The van der Waals surface area contributed by atoms with Crippen LogP contribution in [0.25, 0.3) is 10.9 Å². The number of nitrogens with one attached hydrogen (secondary N) is 2. The van der Waals surface area contributed by atoms with Crippen LogP contribution < -0.4 is 10.6 Å². The van der Waals surface area contributed by atoms with Crippen molar-refractivity contribution in [2.75, 3.05) is 37.0 Å². The summed E-state index contributed by atoms with van der Waals surface area (Å²) in [5, 5.41) is 7.08. The Bertz CT molecular complexity index is 686. The van der Waals surface area contributed by atoms with E-state index >= 15 is 0 Å². The van der Waals surface area contributed by atoms with Crippen molar-refractivity contribution in [2.24, 2.45) is 0 Å². The van der Waals surface area contributed by atoms with Crippen molar-refractivity contribution in [3.8, 4) is 0 Å². The zero-order valence-electron chi connectivity index (χ0n) is 14.0. The number of thioether (sulfide) groups is 1. The molecule has 1 saturated heterocycles. The van der Waals surface area contributed by atoms with Gasteiger partial charge >= 0.3 is 6.03 Å². The lowest BCUT2D eigenvalue weighted by Gasteiger charge is -2.32. The number of hydrogen-bond acceptors (Lipinski definition) is 4. The number of aromatic nitrogens is 1. The number of carbonyl (C=O) groups excluding carboxylic acids is 1. The number of anilines is 1. The highest BCUT2D eigenvalue weighted by atomic mass is 32.2. The number of carbonyl (C=O) groups is 1. The first-order valence-electron chi connectivity index (χ1n) is 8.38. The van der Waals surface area contributed by atoms with Crippen LogP contribution in [0.2, 0.25) is 0 Å². The number of piperidine rings is 1. The summed E-state index contributed by atoms with van der Waals surface area (Å²) in [7, 11) is 0. The largest absolute Gasteiger partial charge is 0.335 e. The molecule has 3 rings (SSSR count). The van der Waals surface area contributed by atoms with Crippen molar-refractivity contribution in [2.45, 2.75) is 18.9 Å². The minimum Gasteiger partial charge on any atom is -0.335 e. The Morgan fingerprint density at radius 1 is 1.33 bits per heavy atom. The minimum atomic E-state index is -0.132. The molecule has 0 unspecified atom stereocenters. The Kier molecular flexibility index (Phi) is 5.93. The lowest BCUT2D eigenvalue weighted by Crippen LogP contribution is -2.46. The minimum absolute atomic E-state index is 0.132. The van der Waals surface area contributed by atoms with E-state index in [9.17, 15) is 4.79 Å². The molecule has 1 aromatic heterocycles. The first kappa shape index (κ1) is 17.0. The fourth-order valence-electron chi connectivity index (χ4n) is 3.02. The first-order chi connectivity index (χ1) is 11.7. The van der Waals surface area contributed by atoms with Gasteiger partial charge in [0.15, 0.2) is 0 Å². The lowest BCUT2D eigenvalue weighted by molar-refractivity contribution is 0.204. The third kappa shape index (κ3) is 4.61. The fraction of sp³-hybridized carbons (Fsp3) is 0.444. The number of nitrogens with zero attached hydrogens (tertiary/aromatic N) is 2. The number of benzene rings is 1. The summed E-state index contributed by atoms with van der Waals surface area (Å²) in [6.45, 7) is 3.26. The molecule has 1 fully saturated rings. The number of pyridine rings is 1. The maximum atomic E-state index is 12.2. The second kappa shape index (κ2) is 8.35. The fourth-order valence-corrected chi connectivity index (χ4v) is 3.46. The van der Waals surface area contributed by atoms with E-state index in [0.29, 0.717) is 0 Å². The van der Waals surface area contributed by atoms with Crippen molar-refractivity contribution >= 4 is 34.4 Å². The highest BCUT2D eigenvalue weighted by Crippen LogP contribution is 2.17. The Hall–Kier alpha value is -1.79. The molecule has 0 bridgehead atoms. The number of urea groups is 1. The molecule has 24 heavy (non-hydrogen) atoms. The van der Waals surface area contributed by atoms with Crippen LogP contribution >= 0.6 is 11.8 Å². The van der Waals surface area contributed by atoms with Crippen molar-refractivity contribution in [1.82, 2.24) is 15.2 Å². The maximum absolute atomic E-state index is 12.2. The van der Waals surface area contributed by atoms with Crippen LogP contribution in [-0.2, 0) is 0 Å². The van der Waals surface area contributed by atoms with Gasteiger partial charge in [0.2, 0.25) is 0 Å². The van der Waals surface area contributed by atoms with E-state index in [2.05, 4.69) is 26.8 Å². The van der Waals surface area contributed by atoms with Crippen molar-refractivity contribution in [1.29, 1.82) is 0 Å². The van der Waals surface area contributed by atoms with E-state index in [0.717, 1.165) is 49.1 Å². The van der Waals surface area contributed by atoms with Gasteiger partial charge in [-0.05, 0) is 37.3 Å². The van der Waals surface area contributed by atoms with Gasteiger partial charge in [-0.25, -0.2) is 4.79 Å². The highest BCUT2D eigenvalue weighted by Gasteiger charge is 2.20. The van der Waals surface area contributed by atoms with Gasteiger partial charge < -0.3 is 15.5 Å². The molecule has 5 nitrogen and oxygen atoms in total. The van der Waals surface area contributed by atoms with Gasteiger partial charge in [0.1, 0.15) is 0 Å². The van der Waals surface area contributed by atoms with Crippen LogP contribution in [0.4, 0.5) is 10.5 Å². The molecule has 0 spiro atoms. The smallest absolute Gasteiger partial charge is 0.319 e. The molecule has 6 heteroatoms. The lowest BCUT2D eigenvalue weighted by atomic mass is 10.1. The standard InChI is InChI=1S/C18H24N4OS/c1-24-12-11-22-9-6-15(7-10-22)20-18(23)21-16-5-4-14-3-2-8-19-17(14)13-16/h2-5,8,13,15H,6-7,9-12H2,1H3,(H2,20,21,23). The Balaban J connectivity index is 1.48. The topological polar surface area (TPSA) is 57.3 Å². The van der Waals surface area contributed by atoms with Crippen LogP contribution in [0.15, 0.2) is 36.5 Å². The third-order valence-corrected chi connectivity index (χ3v) is 4.99. The molecular formula is C18H24N4OS. The van der Waals surface area contributed by atoms with Gasteiger partial charge in [-0.2, -0.15) is 11.8 Å². The van der Waals surface area contributed by atoms with Gasteiger partial charge in [0.25, 0.3) is 0 Å². The van der Waals surface area contributed by atoms with E-state index in [1.54, 1.807) is 6.20 Å². The second-order valence-corrected chi connectivity index (χ2v) is 7.10. The number of rotatable bonds is 5. The number of fused-ring (bicyclic) bond motifs is 1. The van der Waals surface area contributed by atoms with Crippen LogP contribution in [0.1, 0.15) is 12.8 Å². The van der Waals surface area contributed by atoms with Crippen LogP contribution in [0, 0.1) is 0 Å². The quantitative estimate of drug-likeness (QED) is 0.875. The molecular weight excluding hydrogens is 320 g/mol. The van der Waals surface area contributed by atoms with Crippen LogP contribution in [0.3, 0.4) is 0 Å². The van der Waals surface area contributed by atoms with E-state index in [4.69, 9.17) is 0 Å². The molecule has 0 saturated carbocycles. The summed E-state index contributed by atoms with van der Waals surface area (Å²) in [6, 6.07) is 9.84. The molecule has 2 amide bonds. The zero-order chi connectivity index (χ0) is 16.8. The third-order valence-electron chi connectivity index (χ3n) is 4.40. The molecule has 128 valence electrons. The van der Waals surface area contributed by atoms with Gasteiger partial charge in [-0.15, -0.1) is 0 Å². The number of hydrogen-bond donors (Lipinski definition) is 2. The van der Waals surface area contributed by atoms with E-state index in [1.807, 2.05) is 42.1 Å². The van der Waals surface area contributed by atoms with E-state index in [-0.39, 0.29) is 12.1 Å². The predicted octanol–water partition coefficient (Wildman–Crippen LogP) is 3.18. The summed E-state index contributed by atoms with van der Waals surface area (Å²) in [6.07, 6.45) is 5.93. The number of amides is 2. The summed E-state index contributed by atoms with van der Waals surface area (Å²) in [5.41, 5.74) is 1.66. The second-order valence-electron chi connectivity index (χ2n) is 6.12. The van der Waals surface area contributed by atoms with Gasteiger partial charge in [0, 0.05) is 48.7 Å². The summed E-state index contributed by atoms with van der Waals surface area (Å²) in [5.74, 6) is 1.18. The monoisotopic (exact) mass is 344 g/mol. The first-order valence-corrected chi connectivity index (χ1v) is 9.77. The Morgan fingerprint density at radius 2 is 2.17 bits per heavy atom. The van der Waals surface area contributed by atoms with Crippen LogP contribution in [0.5, 0.6) is 0 Å². The zero-order valence-corrected chi connectivity index (χ0v) is 14.8. The van der Waals surface area contributed by atoms with E-state index in [1.165, 1.54) is 5.75 Å². The van der Waals surface area contributed by atoms with Crippen LogP contribution in [-0.4, -0.2) is 53.6 Å². The normalized spacial score (nSPS) is 16.2. The van der Waals surface area contributed by atoms with E-state index < -0.39 is 0 Å². The molecule has 1 aliphatic rings. The summed E-state index contributed by atoms with van der Waals surface area (Å²) in [4.78, 5) is 19.0. The summed E-state index contributed by atoms with van der Waals surface area (Å²) < 4.78 is 0. The molecule has 2 N–H and O–H groups in total. The van der Waals surface area contributed by atoms with Crippen molar-refractivity contribution in [3.63, 3.8) is 0 Å². The molecule has 2 heterocycles. The Labute approximate surface area is 147 Å². The number of likely N-dealkylation sites (tertiary alicyclic amines) is 1. The molecule has 0 radical (unpaired) electrons. The summed E-state index contributed by atoms with van der Waals surface area (Å²) >= 11 is 1.88. The molecule has 1 aliphatic heterocycles. The van der Waals surface area contributed by atoms with Gasteiger partial charge in [-0.1, -0.05) is 12.1 Å². The van der Waals surface area contributed by atoms with Gasteiger partial charge in [0.05, 0.1) is 5.52 Å². The Morgan fingerprint density at radius 3 is 2.96 bits per heavy atom. The van der Waals surface area contributed by atoms with Gasteiger partial charge in [-0.3, -0.25) is 4.98 Å². The highest BCUT2D eigenvalue weighted by molar-refractivity contribution is 7.98. The van der Waals surface area contributed by atoms with Crippen molar-refractivity contribution < 1.29 is 4.79 Å². The maximum Gasteiger partial charge on any atom is 0.319 e. The molecule has 0 atom stereocenters. The molecule has 1 aromatic carbocycles. The predicted molar refractivity (Wildman–Crippen MR) is 102 cm³/mol. The van der Waals surface area contributed by atoms with Crippen molar-refractivity contribution in [3.05, 3.63) is 36.5 Å². The molecule has 2 aromatic rings. The molecule has 0 aliphatic carbocycles.